The van der Waals surface area contributed by atoms with Crippen molar-refractivity contribution in [3.63, 3.8) is 0 Å². The minimum absolute atomic E-state index is 0.172. The molecule has 2 N–H and O–H groups in total. The van der Waals surface area contributed by atoms with Crippen molar-refractivity contribution >= 4 is 15.9 Å². The predicted octanol–water partition coefficient (Wildman–Crippen LogP) is 2.56. The molecule has 0 fully saturated rings. The fourth-order valence-corrected chi connectivity index (χ4v) is 2.63. The summed E-state index contributed by atoms with van der Waals surface area (Å²) in [5.41, 5.74) is 9.78. The first-order chi connectivity index (χ1) is 9.49. The first-order valence-electron chi connectivity index (χ1n) is 6.67. The smallest absolute Gasteiger partial charge is 0.0739 e. The molecule has 0 saturated heterocycles. The zero-order chi connectivity index (χ0) is 14.7. The van der Waals surface area contributed by atoms with Gasteiger partial charge < -0.3 is 10.6 Å². The standard InChI is InChI=1S/C15H21BrN4/c1-11-4-6-12(7-5-11)14(17)15-13(16)10-18-20(15)9-8-19(2)3/h4-7,10,14H,8-9,17H2,1-3H3. The van der Waals surface area contributed by atoms with E-state index in [9.17, 15) is 0 Å². The summed E-state index contributed by atoms with van der Waals surface area (Å²) in [6.45, 7) is 3.84. The highest BCUT2D eigenvalue weighted by Crippen LogP contribution is 2.26. The maximum atomic E-state index is 6.41. The number of halogens is 1. The molecular weight excluding hydrogens is 316 g/mol. The van der Waals surface area contributed by atoms with Crippen molar-refractivity contribution < 1.29 is 0 Å². The topological polar surface area (TPSA) is 47.1 Å². The molecule has 1 unspecified atom stereocenters. The summed E-state index contributed by atoms with van der Waals surface area (Å²) in [6.07, 6.45) is 1.82. The SMILES string of the molecule is Cc1ccc(C(N)c2c(Br)cnn2CCN(C)C)cc1. The molecular formula is C15H21BrN4. The van der Waals surface area contributed by atoms with Gasteiger partial charge in [-0.1, -0.05) is 29.8 Å². The Kier molecular flexibility index (Phi) is 4.96. The molecule has 0 spiro atoms. The van der Waals surface area contributed by atoms with Gasteiger partial charge in [0.25, 0.3) is 0 Å². The normalized spacial score (nSPS) is 12.9. The molecule has 0 aliphatic rings. The maximum Gasteiger partial charge on any atom is 0.0739 e. The molecule has 1 aromatic carbocycles. The third-order valence-corrected chi connectivity index (χ3v) is 3.93. The zero-order valence-corrected chi connectivity index (χ0v) is 13.8. The third kappa shape index (κ3) is 3.48. The molecule has 4 nitrogen and oxygen atoms in total. The number of aryl methyl sites for hydroxylation is 1. The summed E-state index contributed by atoms with van der Waals surface area (Å²) in [5.74, 6) is 0. The van der Waals surface area contributed by atoms with Crippen LogP contribution in [0.25, 0.3) is 0 Å². The van der Waals surface area contributed by atoms with Crippen LogP contribution >= 0.6 is 15.9 Å². The second-order valence-corrected chi connectivity index (χ2v) is 6.15. The van der Waals surface area contributed by atoms with E-state index in [2.05, 4.69) is 71.2 Å². The van der Waals surface area contributed by atoms with Crippen molar-refractivity contribution in [1.82, 2.24) is 14.7 Å². The number of nitrogens with two attached hydrogens (primary N) is 1. The van der Waals surface area contributed by atoms with Gasteiger partial charge in [0.2, 0.25) is 0 Å². The van der Waals surface area contributed by atoms with Crippen LogP contribution in [0.2, 0.25) is 0 Å². The van der Waals surface area contributed by atoms with Crippen LogP contribution in [0, 0.1) is 6.92 Å². The molecule has 0 aliphatic heterocycles. The number of nitrogens with zero attached hydrogens (tertiary/aromatic N) is 3. The second kappa shape index (κ2) is 6.52. The van der Waals surface area contributed by atoms with Crippen LogP contribution in [0.3, 0.4) is 0 Å². The lowest BCUT2D eigenvalue weighted by Crippen LogP contribution is -2.23. The fourth-order valence-electron chi connectivity index (χ4n) is 2.09. The number of hydrogen-bond acceptors (Lipinski definition) is 3. The average Bonchev–Trinajstić information content (AvgIpc) is 2.77. The summed E-state index contributed by atoms with van der Waals surface area (Å²) >= 11 is 3.56. The number of likely N-dealkylation sites (N-methyl/N-ethyl adjacent to an activating group) is 1. The molecule has 20 heavy (non-hydrogen) atoms. The fraction of sp³-hybridized carbons (Fsp3) is 0.400. The van der Waals surface area contributed by atoms with Crippen molar-refractivity contribution in [2.75, 3.05) is 20.6 Å². The van der Waals surface area contributed by atoms with E-state index in [0.717, 1.165) is 28.8 Å². The molecule has 108 valence electrons. The highest BCUT2D eigenvalue weighted by molar-refractivity contribution is 9.10. The lowest BCUT2D eigenvalue weighted by Gasteiger charge is -2.17. The summed E-state index contributed by atoms with van der Waals surface area (Å²) in [6, 6.07) is 8.16. The van der Waals surface area contributed by atoms with Gasteiger partial charge in [-0.15, -0.1) is 0 Å². The summed E-state index contributed by atoms with van der Waals surface area (Å²) in [5, 5.41) is 4.41. The largest absolute Gasteiger partial charge is 0.319 e. The minimum atomic E-state index is -0.172. The van der Waals surface area contributed by atoms with E-state index in [-0.39, 0.29) is 6.04 Å². The van der Waals surface area contributed by atoms with Crippen LogP contribution in [0.4, 0.5) is 0 Å². The highest BCUT2D eigenvalue weighted by Gasteiger charge is 2.18. The molecule has 2 aromatic rings. The van der Waals surface area contributed by atoms with Crippen LogP contribution in [-0.2, 0) is 6.54 Å². The van der Waals surface area contributed by atoms with Crippen molar-refractivity contribution in [3.05, 3.63) is 51.8 Å². The van der Waals surface area contributed by atoms with E-state index in [1.165, 1.54) is 5.56 Å². The molecule has 0 saturated carbocycles. The van der Waals surface area contributed by atoms with Gasteiger partial charge in [0.15, 0.2) is 0 Å². The maximum absolute atomic E-state index is 6.41. The number of aromatic nitrogens is 2. The van der Waals surface area contributed by atoms with Gasteiger partial charge in [0, 0.05) is 6.54 Å². The van der Waals surface area contributed by atoms with E-state index >= 15 is 0 Å². The Balaban J connectivity index is 2.26. The van der Waals surface area contributed by atoms with Gasteiger partial charge in [0.05, 0.1) is 29.0 Å². The van der Waals surface area contributed by atoms with E-state index < -0.39 is 0 Å². The van der Waals surface area contributed by atoms with Crippen LogP contribution in [-0.4, -0.2) is 35.3 Å². The Hall–Kier alpha value is -1.17. The van der Waals surface area contributed by atoms with Crippen LogP contribution in [0.1, 0.15) is 22.9 Å². The third-order valence-electron chi connectivity index (χ3n) is 3.32. The Morgan fingerprint density at radius 1 is 1.30 bits per heavy atom. The van der Waals surface area contributed by atoms with E-state index in [1.54, 1.807) is 0 Å². The van der Waals surface area contributed by atoms with Gasteiger partial charge in [-0.2, -0.15) is 5.10 Å². The Morgan fingerprint density at radius 2 is 1.95 bits per heavy atom. The Morgan fingerprint density at radius 3 is 2.55 bits per heavy atom. The van der Waals surface area contributed by atoms with Crippen molar-refractivity contribution in [1.29, 1.82) is 0 Å². The molecule has 1 heterocycles. The second-order valence-electron chi connectivity index (χ2n) is 5.29. The summed E-state index contributed by atoms with van der Waals surface area (Å²) in [4.78, 5) is 2.14. The van der Waals surface area contributed by atoms with Crippen LogP contribution < -0.4 is 5.73 Å². The molecule has 0 radical (unpaired) electrons. The monoisotopic (exact) mass is 336 g/mol. The average molecular weight is 337 g/mol. The van der Waals surface area contributed by atoms with Gasteiger partial charge in [-0.05, 0) is 42.5 Å². The van der Waals surface area contributed by atoms with Gasteiger partial charge in [-0.3, -0.25) is 4.68 Å². The molecule has 0 amide bonds. The quantitative estimate of drug-likeness (QED) is 0.912. The van der Waals surface area contributed by atoms with E-state index in [1.807, 2.05) is 10.9 Å². The lowest BCUT2D eigenvalue weighted by atomic mass is 10.0. The van der Waals surface area contributed by atoms with Crippen molar-refractivity contribution in [3.8, 4) is 0 Å². The molecule has 2 rings (SSSR count). The molecule has 0 bridgehead atoms. The summed E-state index contributed by atoms with van der Waals surface area (Å²) < 4.78 is 2.94. The predicted molar refractivity (Wildman–Crippen MR) is 85.7 cm³/mol. The van der Waals surface area contributed by atoms with Gasteiger partial charge >= 0.3 is 0 Å². The molecule has 1 atom stereocenters. The van der Waals surface area contributed by atoms with Crippen molar-refractivity contribution in [2.45, 2.75) is 19.5 Å². The first-order valence-corrected chi connectivity index (χ1v) is 7.46. The molecule has 0 aliphatic carbocycles. The number of benzene rings is 1. The number of rotatable bonds is 5. The minimum Gasteiger partial charge on any atom is -0.319 e. The highest BCUT2D eigenvalue weighted by atomic mass is 79.9. The summed E-state index contributed by atoms with van der Waals surface area (Å²) in [7, 11) is 4.11. The first kappa shape index (κ1) is 15.2. The number of hydrogen-bond donors (Lipinski definition) is 1. The van der Waals surface area contributed by atoms with E-state index in [4.69, 9.17) is 5.73 Å². The van der Waals surface area contributed by atoms with Crippen LogP contribution in [0.15, 0.2) is 34.9 Å². The Labute approximate surface area is 128 Å². The van der Waals surface area contributed by atoms with Crippen molar-refractivity contribution in [2.24, 2.45) is 5.73 Å². The van der Waals surface area contributed by atoms with E-state index in [0.29, 0.717) is 0 Å². The zero-order valence-electron chi connectivity index (χ0n) is 12.2. The van der Waals surface area contributed by atoms with Gasteiger partial charge in [0.1, 0.15) is 0 Å². The van der Waals surface area contributed by atoms with Gasteiger partial charge in [-0.25, -0.2) is 0 Å². The van der Waals surface area contributed by atoms with Crippen LogP contribution in [0.5, 0.6) is 0 Å². The Bertz CT molecular complexity index is 560. The molecule has 5 heteroatoms. The lowest BCUT2D eigenvalue weighted by molar-refractivity contribution is 0.368. The molecule has 1 aromatic heterocycles.